The Kier molecular flexibility index (Phi) is 6.46. The van der Waals surface area contributed by atoms with Crippen molar-refractivity contribution in [3.63, 3.8) is 0 Å². The van der Waals surface area contributed by atoms with Crippen LogP contribution in [-0.4, -0.2) is 61.3 Å². The summed E-state index contributed by atoms with van der Waals surface area (Å²) < 4.78 is 0. The number of nitrogens with zero attached hydrogens (tertiary/aromatic N) is 1. The Labute approximate surface area is 99.3 Å². The van der Waals surface area contributed by atoms with Crippen LogP contribution in [0.15, 0.2) is 0 Å². The fourth-order valence-electron chi connectivity index (χ4n) is 0.813. The van der Waals surface area contributed by atoms with Gasteiger partial charge in [-0.25, -0.2) is 9.59 Å². The highest BCUT2D eigenvalue weighted by Crippen LogP contribution is 1.80. The van der Waals surface area contributed by atoms with E-state index in [0.717, 1.165) is 0 Å². The van der Waals surface area contributed by atoms with Crippen LogP contribution >= 0.6 is 0 Å². The molecule has 0 aromatic carbocycles. The highest BCUT2D eigenvalue weighted by Gasteiger charge is 2.12. The molecule has 0 saturated carbocycles. The molecule has 4 amide bonds. The zero-order valence-corrected chi connectivity index (χ0v) is 10.1. The van der Waals surface area contributed by atoms with Crippen molar-refractivity contribution < 1.29 is 19.5 Å². The molecule has 4 N–H and O–H groups in total. The number of carboxylic acids is 1. The van der Waals surface area contributed by atoms with Gasteiger partial charge in [-0.1, -0.05) is 0 Å². The van der Waals surface area contributed by atoms with Gasteiger partial charge in [-0.15, -0.1) is 0 Å². The Morgan fingerprint density at radius 1 is 1.18 bits per heavy atom. The average Bonchev–Trinajstić information content (AvgIpc) is 2.23. The largest absolute Gasteiger partial charge is 0.480 e. The topological polar surface area (TPSA) is 111 Å². The second-order valence-corrected chi connectivity index (χ2v) is 3.59. The molecule has 0 heterocycles. The van der Waals surface area contributed by atoms with E-state index < -0.39 is 18.0 Å². The summed E-state index contributed by atoms with van der Waals surface area (Å²) in [6, 6.07) is -1.79. The van der Waals surface area contributed by atoms with Crippen LogP contribution in [0, 0.1) is 0 Å². The summed E-state index contributed by atoms with van der Waals surface area (Å²) in [5.74, 6) is -1.11. The third-order valence-electron chi connectivity index (χ3n) is 1.81. The van der Waals surface area contributed by atoms with Crippen molar-refractivity contribution >= 4 is 18.0 Å². The van der Waals surface area contributed by atoms with Gasteiger partial charge in [0.25, 0.3) is 0 Å². The van der Waals surface area contributed by atoms with E-state index in [4.69, 9.17) is 5.11 Å². The SMILES string of the molecule is C[C@H](NC(=O)NCCNC(=O)N(C)C)C(=O)O. The highest BCUT2D eigenvalue weighted by atomic mass is 16.4. The molecule has 8 heteroatoms. The monoisotopic (exact) mass is 246 g/mol. The predicted octanol–water partition coefficient (Wildman–Crippen LogP) is -0.970. The zero-order valence-electron chi connectivity index (χ0n) is 10.1. The van der Waals surface area contributed by atoms with E-state index in [0.29, 0.717) is 0 Å². The summed E-state index contributed by atoms with van der Waals surface area (Å²) >= 11 is 0. The van der Waals surface area contributed by atoms with Gasteiger partial charge in [0.1, 0.15) is 6.04 Å². The van der Waals surface area contributed by atoms with E-state index in [2.05, 4.69) is 16.0 Å². The van der Waals surface area contributed by atoms with Gasteiger partial charge < -0.3 is 26.0 Å². The molecule has 8 nitrogen and oxygen atoms in total. The van der Waals surface area contributed by atoms with Crippen molar-refractivity contribution in [1.82, 2.24) is 20.9 Å². The van der Waals surface area contributed by atoms with E-state index in [-0.39, 0.29) is 19.1 Å². The van der Waals surface area contributed by atoms with E-state index in [1.807, 2.05) is 0 Å². The lowest BCUT2D eigenvalue weighted by Gasteiger charge is -2.13. The molecule has 0 bridgehead atoms. The third-order valence-corrected chi connectivity index (χ3v) is 1.81. The Hall–Kier alpha value is -1.99. The molecule has 0 aliphatic carbocycles. The zero-order chi connectivity index (χ0) is 13.4. The smallest absolute Gasteiger partial charge is 0.325 e. The van der Waals surface area contributed by atoms with Crippen molar-refractivity contribution in [1.29, 1.82) is 0 Å². The fourth-order valence-corrected chi connectivity index (χ4v) is 0.813. The van der Waals surface area contributed by atoms with Crippen LogP contribution in [0.1, 0.15) is 6.92 Å². The molecular formula is C9H18N4O4. The molecule has 0 aromatic heterocycles. The molecule has 0 fully saturated rings. The number of amides is 4. The number of carbonyl (C=O) groups is 3. The predicted molar refractivity (Wildman–Crippen MR) is 60.7 cm³/mol. The van der Waals surface area contributed by atoms with Crippen LogP contribution in [0.2, 0.25) is 0 Å². The summed E-state index contributed by atoms with van der Waals surface area (Å²) in [6.07, 6.45) is 0. The van der Waals surface area contributed by atoms with Crippen molar-refractivity contribution in [2.24, 2.45) is 0 Å². The molecule has 0 radical (unpaired) electrons. The summed E-state index contributed by atoms with van der Waals surface area (Å²) in [5, 5.41) is 15.7. The Balaban J connectivity index is 3.65. The second-order valence-electron chi connectivity index (χ2n) is 3.59. The number of carbonyl (C=O) groups excluding carboxylic acids is 2. The van der Waals surface area contributed by atoms with Gasteiger partial charge in [0.15, 0.2) is 0 Å². The number of hydrogen-bond donors (Lipinski definition) is 4. The van der Waals surface area contributed by atoms with Gasteiger partial charge in [-0.3, -0.25) is 4.79 Å². The number of rotatable bonds is 5. The average molecular weight is 246 g/mol. The van der Waals surface area contributed by atoms with Crippen LogP contribution in [-0.2, 0) is 4.79 Å². The maximum atomic E-state index is 11.1. The van der Waals surface area contributed by atoms with Crippen molar-refractivity contribution in [2.75, 3.05) is 27.2 Å². The molecule has 0 aliphatic heterocycles. The van der Waals surface area contributed by atoms with Crippen LogP contribution in [0.3, 0.4) is 0 Å². The lowest BCUT2D eigenvalue weighted by atomic mass is 10.3. The molecule has 0 aromatic rings. The normalized spacial score (nSPS) is 11.2. The summed E-state index contributed by atoms with van der Waals surface area (Å²) in [7, 11) is 3.20. The van der Waals surface area contributed by atoms with Crippen molar-refractivity contribution in [3.05, 3.63) is 0 Å². The van der Waals surface area contributed by atoms with Gasteiger partial charge in [0, 0.05) is 27.2 Å². The Morgan fingerprint density at radius 3 is 2.18 bits per heavy atom. The molecule has 98 valence electrons. The minimum absolute atomic E-state index is 0.220. The highest BCUT2D eigenvalue weighted by molar-refractivity contribution is 5.82. The molecule has 0 spiro atoms. The van der Waals surface area contributed by atoms with Crippen LogP contribution < -0.4 is 16.0 Å². The second kappa shape index (κ2) is 7.31. The number of carboxylic acid groups (broad SMARTS) is 1. The first kappa shape index (κ1) is 15.0. The molecule has 1 atom stereocenters. The number of aliphatic carboxylic acids is 1. The van der Waals surface area contributed by atoms with Crippen LogP contribution in [0.5, 0.6) is 0 Å². The van der Waals surface area contributed by atoms with Crippen LogP contribution in [0.4, 0.5) is 9.59 Å². The van der Waals surface area contributed by atoms with Crippen molar-refractivity contribution in [2.45, 2.75) is 13.0 Å². The quantitative estimate of drug-likeness (QED) is 0.468. The van der Waals surface area contributed by atoms with E-state index >= 15 is 0 Å². The minimum atomic E-state index is -1.11. The van der Waals surface area contributed by atoms with Crippen LogP contribution in [0.25, 0.3) is 0 Å². The van der Waals surface area contributed by atoms with Gasteiger partial charge >= 0.3 is 18.0 Å². The van der Waals surface area contributed by atoms with Gasteiger partial charge in [-0.05, 0) is 6.92 Å². The number of urea groups is 2. The maximum absolute atomic E-state index is 11.1. The molecule has 0 saturated heterocycles. The lowest BCUT2D eigenvalue weighted by molar-refractivity contribution is -0.138. The molecule has 0 rings (SSSR count). The maximum Gasteiger partial charge on any atom is 0.325 e. The fraction of sp³-hybridized carbons (Fsp3) is 0.667. The molecular weight excluding hydrogens is 228 g/mol. The van der Waals surface area contributed by atoms with E-state index in [1.165, 1.54) is 11.8 Å². The van der Waals surface area contributed by atoms with Gasteiger partial charge in [0.2, 0.25) is 0 Å². The third kappa shape index (κ3) is 6.98. The van der Waals surface area contributed by atoms with Gasteiger partial charge in [0.05, 0.1) is 0 Å². The van der Waals surface area contributed by atoms with Gasteiger partial charge in [-0.2, -0.15) is 0 Å². The summed E-state index contributed by atoms with van der Waals surface area (Å²) in [5.41, 5.74) is 0. The first-order valence-corrected chi connectivity index (χ1v) is 5.07. The first-order chi connectivity index (χ1) is 7.84. The number of nitrogens with one attached hydrogen (secondary N) is 3. The minimum Gasteiger partial charge on any atom is -0.480 e. The Morgan fingerprint density at radius 2 is 1.71 bits per heavy atom. The van der Waals surface area contributed by atoms with E-state index in [1.54, 1.807) is 14.1 Å². The summed E-state index contributed by atoms with van der Waals surface area (Å²) in [4.78, 5) is 34.0. The van der Waals surface area contributed by atoms with E-state index in [9.17, 15) is 14.4 Å². The lowest BCUT2D eigenvalue weighted by Crippen LogP contribution is -2.46. The molecule has 17 heavy (non-hydrogen) atoms. The molecule has 0 unspecified atom stereocenters. The molecule has 0 aliphatic rings. The number of hydrogen-bond acceptors (Lipinski definition) is 3. The van der Waals surface area contributed by atoms with Crippen molar-refractivity contribution in [3.8, 4) is 0 Å². The standard InChI is InChI=1S/C9H18N4O4/c1-6(7(14)15)12-8(16)10-4-5-11-9(17)13(2)3/h6H,4-5H2,1-3H3,(H,11,17)(H,14,15)(H2,10,12,16)/t6-/m0/s1. The summed E-state index contributed by atoms with van der Waals surface area (Å²) in [6.45, 7) is 1.85. The first-order valence-electron chi connectivity index (χ1n) is 5.07. The Bertz CT molecular complexity index is 293.